The van der Waals surface area contributed by atoms with Crippen molar-refractivity contribution < 1.29 is 23.8 Å². The molecule has 0 radical (unpaired) electrons. The molecule has 2 saturated carbocycles. The first-order valence-corrected chi connectivity index (χ1v) is 18.3. The van der Waals surface area contributed by atoms with Crippen LogP contribution < -0.4 is 15.4 Å². The fourth-order valence-corrected chi connectivity index (χ4v) is 7.54. The maximum Gasteiger partial charge on any atom is 0.410 e. The Hall–Kier alpha value is -3.99. The number of allylic oxidation sites excluding steroid dienone is 1. The number of carbonyl (C=O) groups excluding carboxylic acids is 2. The number of hydrogen-bond donors (Lipinski definition) is 1. The van der Waals surface area contributed by atoms with Crippen molar-refractivity contribution in [3.63, 3.8) is 0 Å². The monoisotopic (exact) mass is 688 g/mol. The van der Waals surface area contributed by atoms with E-state index in [0.29, 0.717) is 63.0 Å². The van der Waals surface area contributed by atoms with E-state index in [1.54, 1.807) is 37.7 Å². The number of likely N-dealkylation sites (tertiary alicyclic amines) is 1. The molecule has 50 heavy (non-hydrogen) atoms. The quantitative estimate of drug-likeness (QED) is 0.244. The third-order valence-corrected chi connectivity index (χ3v) is 10.9. The van der Waals surface area contributed by atoms with Gasteiger partial charge in [-0.2, -0.15) is 0 Å². The lowest BCUT2D eigenvalue weighted by Gasteiger charge is -2.48. The number of aromatic nitrogens is 2. The lowest BCUT2D eigenvalue weighted by molar-refractivity contribution is -0.126. The fraction of sp³-hybridized carbons (Fsp3) is 0.615. The van der Waals surface area contributed by atoms with E-state index in [0.717, 1.165) is 60.4 Å². The van der Waals surface area contributed by atoms with Gasteiger partial charge >= 0.3 is 6.09 Å². The molecule has 2 aliphatic carbocycles. The summed E-state index contributed by atoms with van der Waals surface area (Å²) in [4.78, 5) is 45.0. The number of hydrogen-bond acceptors (Lipinski definition) is 9. The molecule has 3 fully saturated rings. The lowest BCUT2D eigenvalue weighted by atomic mass is 9.79. The standard InChI is InChI=1S/C39H56N6O5/c1-7-39(49-6)24-44(25-39)38(47)50-33-14-12-30(13-15-33)37(46)45(36-20-31(18-19-41-36)32(21-40)22-42-26(2)3)23-28-8-10-29(11-9-28)34-16-17-35(48-5)27(4)43-34/h16-22,26,28-30,33H,7-15,23-25,40H2,1-6H3/b32-21+,42-22?. The van der Waals surface area contributed by atoms with Crippen LogP contribution in [-0.4, -0.2) is 84.7 Å². The van der Waals surface area contributed by atoms with Gasteiger partial charge in [-0.1, -0.05) is 6.92 Å². The van der Waals surface area contributed by atoms with Gasteiger partial charge in [-0.15, -0.1) is 0 Å². The molecular formula is C39H56N6O5. The second-order valence-corrected chi connectivity index (χ2v) is 14.5. The van der Waals surface area contributed by atoms with E-state index in [-0.39, 0.29) is 35.7 Å². The van der Waals surface area contributed by atoms with E-state index in [4.69, 9.17) is 29.9 Å². The van der Waals surface area contributed by atoms with Crippen LogP contribution in [0.25, 0.3) is 5.57 Å². The highest BCUT2D eigenvalue weighted by atomic mass is 16.6. The normalized spacial score (nSPS) is 23.8. The zero-order valence-corrected chi connectivity index (χ0v) is 30.8. The minimum atomic E-state index is -0.288. The van der Waals surface area contributed by atoms with Crippen LogP contribution in [0.3, 0.4) is 0 Å². The highest BCUT2D eigenvalue weighted by Crippen LogP contribution is 2.38. The molecular weight excluding hydrogens is 632 g/mol. The minimum absolute atomic E-state index is 0.0821. The first-order valence-electron chi connectivity index (χ1n) is 18.3. The number of carbonyl (C=O) groups is 2. The van der Waals surface area contributed by atoms with E-state index < -0.39 is 0 Å². The largest absolute Gasteiger partial charge is 0.495 e. The van der Waals surface area contributed by atoms with Gasteiger partial charge in [-0.05, 0) is 114 Å². The van der Waals surface area contributed by atoms with Crippen LogP contribution in [0.4, 0.5) is 10.6 Å². The van der Waals surface area contributed by atoms with Crippen molar-refractivity contribution in [1.29, 1.82) is 0 Å². The Morgan fingerprint density at radius 2 is 1.80 bits per heavy atom. The molecule has 3 aliphatic rings. The zero-order valence-electron chi connectivity index (χ0n) is 30.8. The summed E-state index contributed by atoms with van der Waals surface area (Å²) < 4.78 is 16.9. The second-order valence-electron chi connectivity index (χ2n) is 14.5. The molecule has 2 aromatic heterocycles. The van der Waals surface area contributed by atoms with Crippen molar-refractivity contribution in [2.45, 2.75) is 109 Å². The van der Waals surface area contributed by atoms with Crippen LogP contribution in [0.5, 0.6) is 5.75 Å². The van der Waals surface area contributed by atoms with Gasteiger partial charge in [0.2, 0.25) is 5.91 Å². The van der Waals surface area contributed by atoms with Crippen molar-refractivity contribution in [2.75, 3.05) is 38.8 Å². The van der Waals surface area contributed by atoms with Crippen LogP contribution in [0, 0.1) is 18.8 Å². The van der Waals surface area contributed by atoms with E-state index >= 15 is 0 Å². The molecule has 272 valence electrons. The summed E-state index contributed by atoms with van der Waals surface area (Å²) in [5, 5.41) is 0. The lowest BCUT2D eigenvalue weighted by Crippen LogP contribution is -2.64. The summed E-state index contributed by atoms with van der Waals surface area (Å²) >= 11 is 0. The molecule has 0 spiro atoms. The summed E-state index contributed by atoms with van der Waals surface area (Å²) in [7, 11) is 3.37. The minimum Gasteiger partial charge on any atom is -0.495 e. The Balaban J connectivity index is 1.26. The van der Waals surface area contributed by atoms with Gasteiger partial charge in [0, 0.05) is 61.4 Å². The number of aliphatic imine (C=N–C) groups is 1. The summed E-state index contributed by atoms with van der Waals surface area (Å²) in [6, 6.07) is 8.09. The van der Waals surface area contributed by atoms with Gasteiger partial charge in [0.1, 0.15) is 23.3 Å². The highest BCUT2D eigenvalue weighted by molar-refractivity contribution is 6.10. The van der Waals surface area contributed by atoms with Crippen LogP contribution in [-0.2, 0) is 14.3 Å². The zero-order chi connectivity index (χ0) is 35.8. The number of ether oxygens (including phenoxy) is 3. The van der Waals surface area contributed by atoms with Gasteiger partial charge in [0.15, 0.2) is 0 Å². The van der Waals surface area contributed by atoms with E-state index in [1.807, 2.05) is 43.9 Å². The fourth-order valence-electron chi connectivity index (χ4n) is 7.54. The van der Waals surface area contributed by atoms with Crippen LogP contribution in [0.2, 0.25) is 0 Å². The molecule has 0 atom stereocenters. The molecule has 1 saturated heterocycles. The molecule has 11 heteroatoms. The summed E-state index contributed by atoms with van der Waals surface area (Å²) in [6.07, 6.45) is 12.1. The first-order chi connectivity index (χ1) is 24.1. The van der Waals surface area contributed by atoms with Gasteiger partial charge in [-0.25, -0.2) is 9.78 Å². The summed E-state index contributed by atoms with van der Waals surface area (Å²) in [5.74, 6) is 2.07. The maximum atomic E-state index is 14.4. The number of nitrogens with zero attached hydrogens (tertiary/aromatic N) is 5. The number of anilines is 1. The van der Waals surface area contributed by atoms with Crippen molar-refractivity contribution in [1.82, 2.24) is 14.9 Å². The molecule has 1 aliphatic heterocycles. The van der Waals surface area contributed by atoms with Crippen LogP contribution >= 0.6 is 0 Å². The van der Waals surface area contributed by atoms with Gasteiger partial charge in [0.05, 0.1) is 25.9 Å². The van der Waals surface area contributed by atoms with Gasteiger partial charge in [-0.3, -0.25) is 19.7 Å². The first kappa shape index (κ1) is 37.3. The Morgan fingerprint density at radius 1 is 1.08 bits per heavy atom. The average Bonchev–Trinajstić information content (AvgIpc) is 3.11. The molecule has 2 amide bonds. The summed E-state index contributed by atoms with van der Waals surface area (Å²) in [5.41, 5.74) is 9.44. The van der Waals surface area contributed by atoms with Gasteiger partial charge in [0.25, 0.3) is 0 Å². The third-order valence-electron chi connectivity index (χ3n) is 10.9. The molecule has 0 aromatic carbocycles. The number of methoxy groups -OCH3 is 2. The second kappa shape index (κ2) is 16.8. The van der Waals surface area contributed by atoms with E-state index in [1.165, 1.54) is 0 Å². The molecule has 2 N–H and O–H groups in total. The number of nitrogens with two attached hydrogens (primary N) is 1. The SMILES string of the molecule is CCC1(OC)CN(C(=O)OC2CCC(C(=O)N(CC3CCC(c4ccc(OC)c(C)n4)CC3)c3cc(/C(C=NC(C)C)=C/N)ccn3)CC2)C1. The van der Waals surface area contributed by atoms with E-state index in [9.17, 15) is 9.59 Å². The maximum absolute atomic E-state index is 14.4. The Kier molecular flexibility index (Phi) is 12.5. The van der Waals surface area contributed by atoms with Crippen LogP contribution in [0.1, 0.15) is 101 Å². The van der Waals surface area contributed by atoms with Gasteiger partial charge < -0.3 is 24.8 Å². The predicted octanol–water partition coefficient (Wildman–Crippen LogP) is 6.69. The smallest absolute Gasteiger partial charge is 0.410 e. The van der Waals surface area contributed by atoms with Crippen molar-refractivity contribution in [3.05, 3.63) is 53.6 Å². The highest BCUT2D eigenvalue weighted by Gasteiger charge is 2.45. The van der Waals surface area contributed by atoms with Crippen LogP contribution in [0.15, 0.2) is 41.7 Å². The van der Waals surface area contributed by atoms with Crippen molar-refractivity contribution >= 4 is 29.6 Å². The molecule has 0 bridgehead atoms. The molecule has 11 nitrogen and oxygen atoms in total. The summed E-state index contributed by atoms with van der Waals surface area (Å²) in [6.45, 7) is 9.79. The molecule has 0 unspecified atom stereocenters. The Bertz CT molecular complexity index is 1510. The van der Waals surface area contributed by atoms with Crippen molar-refractivity contribution in [3.8, 4) is 5.75 Å². The van der Waals surface area contributed by atoms with Crippen molar-refractivity contribution in [2.24, 2.45) is 22.6 Å². The molecule has 2 aromatic rings. The Morgan fingerprint density at radius 3 is 2.40 bits per heavy atom. The topological polar surface area (TPSA) is 132 Å². The third kappa shape index (κ3) is 8.83. The number of aryl methyl sites for hydroxylation is 1. The molecule has 5 rings (SSSR count). The number of amides is 2. The number of pyridine rings is 2. The predicted molar refractivity (Wildman–Crippen MR) is 196 cm³/mol. The number of rotatable bonds is 12. The average molecular weight is 689 g/mol. The molecule has 3 heterocycles. The Labute approximate surface area is 297 Å². The van der Waals surface area contributed by atoms with E-state index in [2.05, 4.69) is 18.0 Å².